The molecule has 0 bridgehead atoms. The van der Waals surface area contributed by atoms with E-state index in [1.54, 1.807) is 18.3 Å². The molecule has 1 rings (SSSR count). The average Bonchev–Trinajstić information content (AvgIpc) is 2.54. The second-order valence-electron chi connectivity index (χ2n) is 3.88. The van der Waals surface area contributed by atoms with Crippen LogP contribution in [0.25, 0.3) is 0 Å². The van der Waals surface area contributed by atoms with Crippen LogP contribution in [-0.2, 0) is 10.3 Å². The number of carbonyl (C=O) groups is 1. The Hall–Kier alpha value is -0.870. The van der Waals surface area contributed by atoms with E-state index in [1.165, 1.54) is 0 Å². The summed E-state index contributed by atoms with van der Waals surface area (Å²) in [5.74, 6) is -0.122. The number of carbonyl (C=O) groups excluding carboxylic acids is 1. The molecule has 0 aliphatic heterocycles. The molecule has 0 saturated carbocycles. The predicted molar refractivity (Wildman–Crippen MR) is 59.1 cm³/mol. The molecule has 0 aliphatic rings. The maximum absolute atomic E-state index is 11.4. The summed E-state index contributed by atoms with van der Waals surface area (Å²) in [6, 6.07) is 3.51. The van der Waals surface area contributed by atoms with Crippen LogP contribution in [0.15, 0.2) is 17.5 Å². The zero-order valence-corrected chi connectivity index (χ0v) is 9.52. The Labute approximate surface area is 88.3 Å². The molecule has 0 radical (unpaired) electrons. The van der Waals surface area contributed by atoms with Gasteiger partial charge in [0.05, 0.1) is 11.6 Å². The lowest BCUT2D eigenvalue weighted by Gasteiger charge is -2.26. The first-order valence-corrected chi connectivity index (χ1v) is 5.43. The van der Waals surface area contributed by atoms with Crippen molar-refractivity contribution in [2.75, 3.05) is 0 Å². The van der Waals surface area contributed by atoms with Gasteiger partial charge >= 0.3 is 0 Å². The van der Waals surface area contributed by atoms with Crippen LogP contribution in [-0.4, -0.2) is 11.9 Å². The van der Waals surface area contributed by atoms with E-state index in [4.69, 9.17) is 5.73 Å². The smallest absolute Gasteiger partial charge is 0.237 e. The summed E-state index contributed by atoms with van der Waals surface area (Å²) in [4.78, 5) is 12.6. The molecule has 0 unspecified atom stereocenters. The maximum Gasteiger partial charge on any atom is 0.237 e. The summed E-state index contributed by atoms with van der Waals surface area (Å²) >= 11 is 1.63. The van der Waals surface area contributed by atoms with Crippen molar-refractivity contribution in [3.05, 3.63) is 22.4 Å². The molecule has 1 heterocycles. The number of amides is 1. The second kappa shape index (κ2) is 4.11. The molecule has 0 fully saturated rings. The molecule has 0 spiro atoms. The van der Waals surface area contributed by atoms with Crippen molar-refractivity contribution in [1.29, 1.82) is 0 Å². The lowest BCUT2D eigenvalue weighted by atomic mass is 10.0. The highest BCUT2D eigenvalue weighted by molar-refractivity contribution is 7.10. The van der Waals surface area contributed by atoms with Crippen molar-refractivity contribution in [2.45, 2.75) is 32.4 Å². The average molecular weight is 212 g/mol. The van der Waals surface area contributed by atoms with Gasteiger partial charge in [0.15, 0.2) is 0 Å². The molecule has 3 nitrogen and oxygen atoms in total. The van der Waals surface area contributed by atoms with Gasteiger partial charge in [-0.2, -0.15) is 0 Å². The minimum absolute atomic E-state index is 0.122. The van der Waals surface area contributed by atoms with Crippen molar-refractivity contribution < 1.29 is 4.79 Å². The molecule has 0 aromatic carbocycles. The van der Waals surface area contributed by atoms with Crippen molar-refractivity contribution in [3.63, 3.8) is 0 Å². The van der Waals surface area contributed by atoms with Crippen molar-refractivity contribution in [3.8, 4) is 0 Å². The minimum Gasteiger partial charge on any atom is -0.345 e. The Morgan fingerprint density at radius 3 is 2.71 bits per heavy atom. The van der Waals surface area contributed by atoms with Gasteiger partial charge in [0.25, 0.3) is 0 Å². The van der Waals surface area contributed by atoms with Crippen LogP contribution in [0.1, 0.15) is 25.6 Å². The number of nitrogens with two attached hydrogens (primary N) is 1. The summed E-state index contributed by atoms with van der Waals surface area (Å²) in [5, 5.41) is 4.90. The summed E-state index contributed by atoms with van der Waals surface area (Å²) < 4.78 is 0. The maximum atomic E-state index is 11.4. The second-order valence-corrected chi connectivity index (χ2v) is 4.83. The van der Waals surface area contributed by atoms with Gasteiger partial charge in [0.2, 0.25) is 5.91 Å². The van der Waals surface area contributed by atoms with Gasteiger partial charge in [-0.1, -0.05) is 6.07 Å². The Morgan fingerprint density at radius 2 is 2.29 bits per heavy atom. The lowest BCUT2D eigenvalue weighted by molar-refractivity contribution is -0.123. The van der Waals surface area contributed by atoms with Gasteiger partial charge in [-0.05, 0) is 32.2 Å². The SMILES string of the molecule is C[C@H](N)C(=O)NC(C)(C)c1cccs1. The van der Waals surface area contributed by atoms with Crippen LogP contribution >= 0.6 is 11.3 Å². The number of thiophene rings is 1. The summed E-state index contributed by atoms with van der Waals surface area (Å²) in [5.41, 5.74) is 5.15. The van der Waals surface area contributed by atoms with Gasteiger partial charge in [-0.25, -0.2) is 0 Å². The molecule has 1 aromatic heterocycles. The molecule has 1 atom stereocenters. The summed E-state index contributed by atoms with van der Waals surface area (Å²) in [7, 11) is 0. The topological polar surface area (TPSA) is 55.1 Å². The third kappa shape index (κ3) is 2.56. The molecule has 1 amide bonds. The van der Waals surface area contributed by atoms with Gasteiger partial charge < -0.3 is 11.1 Å². The normalized spacial score (nSPS) is 13.7. The monoisotopic (exact) mass is 212 g/mol. The molecule has 0 aliphatic carbocycles. The molecule has 1 aromatic rings. The van der Waals surface area contributed by atoms with Gasteiger partial charge in [0.1, 0.15) is 0 Å². The van der Waals surface area contributed by atoms with E-state index in [1.807, 2.05) is 31.4 Å². The molecular weight excluding hydrogens is 196 g/mol. The van der Waals surface area contributed by atoms with E-state index in [-0.39, 0.29) is 11.4 Å². The summed E-state index contributed by atoms with van der Waals surface area (Å²) in [6.07, 6.45) is 0. The zero-order chi connectivity index (χ0) is 10.8. The van der Waals surface area contributed by atoms with Crippen molar-refractivity contribution in [1.82, 2.24) is 5.32 Å². The highest BCUT2D eigenvalue weighted by Crippen LogP contribution is 2.24. The number of hydrogen-bond donors (Lipinski definition) is 2. The van der Waals surface area contributed by atoms with Crippen LogP contribution < -0.4 is 11.1 Å². The van der Waals surface area contributed by atoms with E-state index in [0.29, 0.717) is 0 Å². The van der Waals surface area contributed by atoms with Crippen LogP contribution in [0.5, 0.6) is 0 Å². The molecule has 14 heavy (non-hydrogen) atoms. The highest BCUT2D eigenvalue weighted by atomic mass is 32.1. The van der Waals surface area contributed by atoms with Crippen molar-refractivity contribution >= 4 is 17.2 Å². The Bertz CT molecular complexity index is 304. The van der Waals surface area contributed by atoms with Crippen LogP contribution in [0.4, 0.5) is 0 Å². The quantitative estimate of drug-likeness (QED) is 0.796. The Kier molecular flexibility index (Phi) is 3.29. The largest absolute Gasteiger partial charge is 0.345 e. The van der Waals surface area contributed by atoms with E-state index in [2.05, 4.69) is 5.32 Å². The number of nitrogens with one attached hydrogen (secondary N) is 1. The first kappa shape index (κ1) is 11.2. The Balaban J connectivity index is 2.72. The van der Waals surface area contributed by atoms with Crippen LogP contribution in [0, 0.1) is 0 Å². The standard InChI is InChI=1S/C10H16N2OS/c1-7(11)9(13)12-10(2,3)8-5-4-6-14-8/h4-7H,11H2,1-3H3,(H,12,13)/t7-/m0/s1. The van der Waals surface area contributed by atoms with Crippen molar-refractivity contribution in [2.24, 2.45) is 5.73 Å². The van der Waals surface area contributed by atoms with E-state index in [0.717, 1.165) is 4.88 Å². The molecule has 3 N–H and O–H groups in total. The Morgan fingerprint density at radius 1 is 1.64 bits per heavy atom. The molecule has 78 valence electrons. The lowest BCUT2D eigenvalue weighted by Crippen LogP contribution is -2.47. The number of hydrogen-bond acceptors (Lipinski definition) is 3. The third-order valence-electron chi connectivity index (χ3n) is 1.99. The highest BCUT2D eigenvalue weighted by Gasteiger charge is 2.24. The number of rotatable bonds is 3. The third-order valence-corrected chi connectivity index (χ3v) is 3.18. The fourth-order valence-electron chi connectivity index (χ4n) is 1.12. The molecule has 4 heteroatoms. The van der Waals surface area contributed by atoms with Gasteiger partial charge in [-0.3, -0.25) is 4.79 Å². The zero-order valence-electron chi connectivity index (χ0n) is 8.70. The van der Waals surface area contributed by atoms with Crippen LogP contribution in [0.2, 0.25) is 0 Å². The fourth-order valence-corrected chi connectivity index (χ4v) is 1.92. The first-order valence-electron chi connectivity index (χ1n) is 4.55. The van der Waals surface area contributed by atoms with E-state index >= 15 is 0 Å². The van der Waals surface area contributed by atoms with Gasteiger partial charge in [0, 0.05) is 4.88 Å². The molecule has 0 saturated heterocycles. The minimum atomic E-state index is -0.464. The first-order chi connectivity index (χ1) is 6.43. The predicted octanol–water partition coefficient (Wildman–Crippen LogP) is 1.45. The fraction of sp³-hybridized carbons (Fsp3) is 0.500. The van der Waals surface area contributed by atoms with Crippen LogP contribution in [0.3, 0.4) is 0 Å². The van der Waals surface area contributed by atoms with Gasteiger partial charge in [-0.15, -0.1) is 11.3 Å². The molecular formula is C10H16N2OS. The summed E-state index contributed by atoms with van der Waals surface area (Å²) in [6.45, 7) is 5.62. The van der Waals surface area contributed by atoms with E-state index in [9.17, 15) is 4.79 Å². The van der Waals surface area contributed by atoms with E-state index < -0.39 is 6.04 Å².